The van der Waals surface area contributed by atoms with E-state index in [1.165, 1.54) is 5.56 Å². The second-order valence-electron chi connectivity index (χ2n) is 6.77. The number of likely N-dealkylation sites (tertiary alicyclic amines) is 1. The van der Waals surface area contributed by atoms with E-state index in [1.807, 2.05) is 18.2 Å². The highest BCUT2D eigenvalue weighted by atomic mass is 16.2. The van der Waals surface area contributed by atoms with Crippen molar-refractivity contribution in [3.05, 3.63) is 48.0 Å². The molecule has 0 unspecified atom stereocenters. The van der Waals surface area contributed by atoms with Crippen LogP contribution >= 0.6 is 0 Å². The largest absolute Gasteiger partial charge is 0.282 e. The van der Waals surface area contributed by atoms with E-state index in [2.05, 4.69) is 24.3 Å². The highest BCUT2D eigenvalue weighted by Crippen LogP contribution is 2.52. The molecule has 2 bridgehead atoms. The Balaban J connectivity index is 1.33. The number of nitrogens with zero attached hydrogens (tertiary/aromatic N) is 1. The minimum Gasteiger partial charge on any atom is -0.282 e. The van der Waals surface area contributed by atoms with Gasteiger partial charge in [-0.1, -0.05) is 42.5 Å². The third kappa shape index (κ3) is 2.11. The van der Waals surface area contributed by atoms with Gasteiger partial charge in [0.25, 0.3) is 0 Å². The second kappa shape index (κ2) is 5.38. The number of carbonyl (C=O) groups excluding carboxylic acids is 2. The van der Waals surface area contributed by atoms with E-state index < -0.39 is 0 Å². The van der Waals surface area contributed by atoms with Crippen LogP contribution in [-0.4, -0.2) is 23.3 Å². The number of imide groups is 1. The Morgan fingerprint density at radius 3 is 2.18 bits per heavy atom. The molecule has 3 nitrogen and oxygen atoms in total. The van der Waals surface area contributed by atoms with Crippen molar-refractivity contribution in [3.8, 4) is 0 Å². The first-order valence-electron chi connectivity index (χ1n) is 8.33. The number of benzene rings is 1. The molecule has 4 rings (SSSR count). The van der Waals surface area contributed by atoms with Crippen molar-refractivity contribution in [3.63, 3.8) is 0 Å². The Kier molecular flexibility index (Phi) is 3.36. The number of aryl methyl sites for hydroxylation is 1. The number of rotatable bonds is 5. The van der Waals surface area contributed by atoms with E-state index in [4.69, 9.17) is 0 Å². The summed E-state index contributed by atoms with van der Waals surface area (Å²) >= 11 is 0. The van der Waals surface area contributed by atoms with Crippen molar-refractivity contribution in [2.75, 3.05) is 6.54 Å². The van der Waals surface area contributed by atoms with Gasteiger partial charge in [-0.2, -0.15) is 0 Å². The van der Waals surface area contributed by atoms with Gasteiger partial charge >= 0.3 is 0 Å². The van der Waals surface area contributed by atoms with Crippen LogP contribution in [0.15, 0.2) is 42.5 Å². The molecule has 22 heavy (non-hydrogen) atoms. The maximum atomic E-state index is 12.5. The molecule has 0 aromatic heterocycles. The van der Waals surface area contributed by atoms with Crippen molar-refractivity contribution in [2.24, 2.45) is 23.7 Å². The minimum absolute atomic E-state index is 0.0448. The Morgan fingerprint density at radius 2 is 1.55 bits per heavy atom. The number of unbranched alkanes of at least 4 members (excludes halogenated alkanes) is 1. The molecular formula is C19H21NO2. The smallest absolute Gasteiger partial charge is 0.233 e. The summed E-state index contributed by atoms with van der Waals surface area (Å²) in [5, 5.41) is 0. The molecule has 3 heteroatoms. The average Bonchev–Trinajstić information content (AvgIpc) is 3.21. The summed E-state index contributed by atoms with van der Waals surface area (Å²) in [4.78, 5) is 26.6. The van der Waals surface area contributed by atoms with Gasteiger partial charge in [-0.05, 0) is 43.1 Å². The fraction of sp³-hybridized carbons (Fsp3) is 0.474. The molecule has 1 aromatic carbocycles. The summed E-state index contributed by atoms with van der Waals surface area (Å²) in [5.41, 5.74) is 1.32. The summed E-state index contributed by atoms with van der Waals surface area (Å²) in [6, 6.07) is 10.4. The maximum absolute atomic E-state index is 12.5. The van der Waals surface area contributed by atoms with E-state index in [0.29, 0.717) is 18.4 Å². The highest BCUT2D eigenvalue weighted by molar-refractivity contribution is 6.06. The normalized spacial score (nSPS) is 32.1. The lowest BCUT2D eigenvalue weighted by Gasteiger charge is -2.17. The Morgan fingerprint density at radius 1 is 0.909 bits per heavy atom. The van der Waals surface area contributed by atoms with E-state index in [0.717, 1.165) is 25.7 Å². The van der Waals surface area contributed by atoms with Crippen molar-refractivity contribution < 1.29 is 9.59 Å². The van der Waals surface area contributed by atoms with Crippen LogP contribution in [0.2, 0.25) is 0 Å². The van der Waals surface area contributed by atoms with Crippen LogP contribution in [0.4, 0.5) is 0 Å². The summed E-state index contributed by atoms with van der Waals surface area (Å²) in [5.74, 6) is 0.730. The van der Waals surface area contributed by atoms with Crippen LogP contribution in [0.25, 0.3) is 0 Å². The van der Waals surface area contributed by atoms with Crippen molar-refractivity contribution in [1.82, 2.24) is 4.90 Å². The van der Waals surface area contributed by atoms with E-state index >= 15 is 0 Å². The zero-order chi connectivity index (χ0) is 15.1. The molecule has 0 N–H and O–H groups in total. The molecule has 4 atom stereocenters. The average molecular weight is 295 g/mol. The zero-order valence-corrected chi connectivity index (χ0v) is 12.7. The molecule has 1 aliphatic heterocycles. The SMILES string of the molecule is O=C1[C@@H]2[C@H](C(=O)N1CCCCc1ccccc1)[C@H]1C=C[C@@H]2C1. The van der Waals surface area contributed by atoms with Gasteiger partial charge in [0.1, 0.15) is 0 Å². The van der Waals surface area contributed by atoms with E-state index in [1.54, 1.807) is 4.90 Å². The monoisotopic (exact) mass is 295 g/mol. The molecule has 1 saturated carbocycles. The van der Waals surface area contributed by atoms with Gasteiger partial charge in [0.05, 0.1) is 11.8 Å². The van der Waals surface area contributed by atoms with Crippen molar-refractivity contribution in [1.29, 1.82) is 0 Å². The molecule has 1 aromatic rings. The highest BCUT2D eigenvalue weighted by Gasteiger charge is 2.58. The van der Waals surface area contributed by atoms with Crippen LogP contribution < -0.4 is 0 Å². The van der Waals surface area contributed by atoms with Gasteiger partial charge in [0.15, 0.2) is 0 Å². The molecule has 0 spiro atoms. The number of allylic oxidation sites excluding steroid dienone is 2. The van der Waals surface area contributed by atoms with E-state index in [-0.39, 0.29) is 23.7 Å². The van der Waals surface area contributed by atoms with Crippen LogP contribution in [0, 0.1) is 23.7 Å². The van der Waals surface area contributed by atoms with Gasteiger partial charge in [-0.3, -0.25) is 14.5 Å². The van der Waals surface area contributed by atoms with Gasteiger partial charge in [-0.15, -0.1) is 0 Å². The molecule has 1 saturated heterocycles. The quantitative estimate of drug-likeness (QED) is 0.476. The predicted molar refractivity (Wildman–Crippen MR) is 83.8 cm³/mol. The van der Waals surface area contributed by atoms with Gasteiger partial charge < -0.3 is 0 Å². The number of hydrogen-bond donors (Lipinski definition) is 0. The number of carbonyl (C=O) groups is 2. The van der Waals surface area contributed by atoms with Crippen molar-refractivity contribution in [2.45, 2.75) is 25.7 Å². The number of amides is 2. The lowest BCUT2D eigenvalue weighted by molar-refractivity contribution is -0.140. The standard InChI is InChI=1S/C19H21NO2/c21-18-16-14-9-10-15(12-14)17(16)19(22)20(18)11-5-4-8-13-6-2-1-3-7-13/h1-3,6-7,9-10,14-17H,4-5,8,11-12H2/t14-,15+,16+,17-. The minimum atomic E-state index is -0.0448. The van der Waals surface area contributed by atoms with Crippen LogP contribution in [0.5, 0.6) is 0 Å². The molecule has 2 fully saturated rings. The molecule has 2 amide bonds. The first kappa shape index (κ1) is 13.7. The third-order valence-electron chi connectivity index (χ3n) is 5.50. The Bertz CT molecular complexity index is 592. The van der Waals surface area contributed by atoms with Crippen LogP contribution in [0.3, 0.4) is 0 Å². The third-order valence-corrected chi connectivity index (χ3v) is 5.50. The number of hydrogen-bond acceptors (Lipinski definition) is 2. The molecular weight excluding hydrogens is 274 g/mol. The summed E-state index contributed by atoms with van der Waals surface area (Å²) < 4.78 is 0. The van der Waals surface area contributed by atoms with Gasteiger partial charge in [0.2, 0.25) is 11.8 Å². The second-order valence-corrected chi connectivity index (χ2v) is 6.77. The molecule has 0 radical (unpaired) electrons. The zero-order valence-electron chi connectivity index (χ0n) is 12.7. The molecule has 2 aliphatic carbocycles. The maximum Gasteiger partial charge on any atom is 0.233 e. The van der Waals surface area contributed by atoms with Gasteiger partial charge in [0, 0.05) is 6.54 Å². The summed E-state index contributed by atoms with van der Waals surface area (Å²) in [6.07, 6.45) is 8.23. The lowest BCUT2D eigenvalue weighted by Crippen LogP contribution is -2.33. The van der Waals surface area contributed by atoms with Crippen molar-refractivity contribution >= 4 is 11.8 Å². The molecule has 1 heterocycles. The van der Waals surface area contributed by atoms with E-state index in [9.17, 15) is 9.59 Å². The fourth-order valence-electron chi connectivity index (χ4n) is 4.43. The molecule has 3 aliphatic rings. The summed E-state index contributed by atoms with van der Waals surface area (Å²) in [6.45, 7) is 0.594. The predicted octanol–water partition coefficient (Wildman–Crippen LogP) is 2.82. The van der Waals surface area contributed by atoms with Crippen LogP contribution in [-0.2, 0) is 16.0 Å². The van der Waals surface area contributed by atoms with Crippen LogP contribution in [0.1, 0.15) is 24.8 Å². The first-order chi connectivity index (χ1) is 10.8. The Labute approximate surface area is 131 Å². The van der Waals surface area contributed by atoms with Gasteiger partial charge in [-0.25, -0.2) is 0 Å². The Hall–Kier alpha value is -1.90. The summed E-state index contributed by atoms with van der Waals surface area (Å²) in [7, 11) is 0. The fourth-order valence-corrected chi connectivity index (χ4v) is 4.43. The lowest BCUT2D eigenvalue weighted by atomic mass is 9.85. The molecule has 114 valence electrons. The first-order valence-corrected chi connectivity index (χ1v) is 8.33. The number of fused-ring (bicyclic) bond motifs is 5. The topological polar surface area (TPSA) is 37.4 Å².